The number of aryl methyl sites for hydroxylation is 1. The van der Waals surface area contributed by atoms with E-state index in [1.807, 2.05) is 49.4 Å². The fourth-order valence-corrected chi connectivity index (χ4v) is 3.40. The molecule has 0 bridgehead atoms. The topological polar surface area (TPSA) is 54.4 Å². The fourth-order valence-electron chi connectivity index (χ4n) is 2.12. The first-order chi connectivity index (χ1) is 10.6. The lowest BCUT2D eigenvalue weighted by Crippen LogP contribution is -2.25. The number of hydrogen-bond acceptors (Lipinski definition) is 4. The Morgan fingerprint density at radius 3 is 2.77 bits per heavy atom. The van der Waals surface area contributed by atoms with Crippen LogP contribution in [0.1, 0.15) is 11.3 Å². The number of rotatable bonds is 3. The van der Waals surface area contributed by atoms with Gasteiger partial charge >= 0.3 is 0 Å². The molecule has 1 aliphatic rings. The first kappa shape index (κ1) is 15.2. The number of pyridine rings is 1. The molecule has 2 heterocycles. The minimum atomic E-state index is -0.148. The molecule has 0 saturated carbocycles. The van der Waals surface area contributed by atoms with Crippen molar-refractivity contribution in [1.82, 2.24) is 10.3 Å². The van der Waals surface area contributed by atoms with E-state index >= 15 is 0 Å². The number of nitrogens with zero attached hydrogens (tertiary/aromatic N) is 2. The van der Waals surface area contributed by atoms with Crippen molar-refractivity contribution in [3.8, 4) is 0 Å². The summed E-state index contributed by atoms with van der Waals surface area (Å²) in [7, 11) is 0. The molecular weight excluding hydrogens is 362 g/mol. The van der Waals surface area contributed by atoms with E-state index in [-0.39, 0.29) is 11.2 Å². The van der Waals surface area contributed by atoms with Crippen molar-refractivity contribution in [1.29, 1.82) is 0 Å². The number of aliphatic imine (C=N–C) groups is 1. The molecular formula is C16H14BrN3OS. The summed E-state index contributed by atoms with van der Waals surface area (Å²) in [5.41, 5.74) is 2.04. The van der Waals surface area contributed by atoms with Gasteiger partial charge in [0.15, 0.2) is 11.0 Å². The third-order valence-electron chi connectivity index (χ3n) is 3.20. The molecule has 0 aliphatic carbocycles. The number of benzene rings is 1. The van der Waals surface area contributed by atoms with Crippen LogP contribution in [0, 0.1) is 6.92 Å². The first-order valence-electron chi connectivity index (χ1n) is 6.84. The molecule has 1 atom stereocenters. The fraction of sp³-hybridized carbons (Fsp3) is 0.188. The SMILES string of the molecule is Cc1cccc(/N=C2\NC(=O)[C@H](Cc3ccc(Br)cc3)S2)n1. The predicted molar refractivity (Wildman–Crippen MR) is 93.4 cm³/mol. The summed E-state index contributed by atoms with van der Waals surface area (Å²) in [6, 6.07) is 13.7. The number of halogens is 1. The van der Waals surface area contributed by atoms with E-state index in [2.05, 4.69) is 31.2 Å². The van der Waals surface area contributed by atoms with Crippen molar-refractivity contribution in [2.24, 2.45) is 4.99 Å². The Balaban J connectivity index is 1.71. The maximum absolute atomic E-state index is 12.1. The predicted octanol–water partition coefficient (Wildman–Crippen LogP) is 3.61. The third kappa shape index (κ3) is 3.75. The van der Waals surface area contributed by atoms with Gasteiger partial charge in [-0.25, -0.2) is 9.98 Å². The molecule has 1 aromatic carbocycles. The van der Waals surface area contributed by atoms with Crippen LogP contribution < -0.4 is 5.32 Å². The van der Waals surface area contributed by atoms with Crippen molar-refractivity contribution in [2.45, 2.75) is 18.6 Å². The average molecular weight is 376 g/mol. The summed E-state index contributed by atoms with van der Waals surface area (Å²) in [4.78, 5) is 20.8. The van der Waals surface area contributed by atoms with E-state index in [9.17, 15) is 4.79 Å². The molecule has 0 radical (unpaired) electrons. The minimum Gasteiger partial charge on any atom is -0.304 e. The normalized spacial score (nSPS) is 19.5. The van der Waals surface area contributed by atoms with Crippen LogP contribution in [0.4, 0.5) is 5.82 Å². The van der Waals surface area contributed by atoms with Crippen LogP contribution >= 0.6 is 27.7 Å². The molecule has 1 aliphatic heterocycles. The summed E-state index contributed by atoms with van der Waals surface area (Å²) in [6.45, 7) is 1.92. The largest absolute Gasteiger partial charge is 0.304 e. The Morgan fingerprint density at radius 1 is 1.27 bits per heavy atom. The molecule has 1 amide bonds. The van der Waals surface area contributed by atoms with Crippen LogP contribution in [0.2, 0.25) is 0 Å². The van der Waals surface area contributed by atoms with Crippen LogP contribution in [0.25, 0.3) is 0 Å². The Labute approximate surface area is 141 Å². The van der Waals surface area contributed by atoms with E-state index < -0.39 is 0 Å². The highest BCUT2D eigenvalue weighted by Gasteiger charge is 2.30. The molecule has 1 fully saturated rings. The zero-order valence-electron chi connectivity index (χ0n) is 11.9. The lowest BCUT2D eigenvalue weighted by atomic mass is 10.1. The van der Waals surface area contributed by atoms with Gasteiger partial charge < -0.3 is 5.32 Å². The zero-order chi connectivity index (χ0) is 15.5. The summed E-state index contributed by atoms with van der Waals surface area (Å²) < 4.78 is 1.03. The second-order valence-electron chi connectivity index (χ2n) is 4.98. The van der Waals surface area contributed by atoms with Gasteiger partial charge in [0, 0.05) is 10.2 Å². The van der Waals surface area contributed by atoms with Crippen molar-refractivity contribution in [2.75, 3.05) is 0 Å². The van der Waals surface area contributed by atoms with Crippen LogP contribution in [-0.4, -0.2) is 21.3 Å². The highest BCUT2D eigenvalue weighted by molar-refractivity contribution is 9.10. The number of amidine groups is 1. The number of carbonyl (C=O) groups excluding carboxylic acids is 1. The van der Waals surface area contributed by atoms with Gasteiger partial charge in [0.05, 0.1) is 5.25 Å². The van der Waals surface area contributed by atoms with E-state index in [0.717, 1.165) is 15.7 Å². The molecule has 1 aromatic heterocycles. The lowest BCUT2D eigenvalue weighted by molar-refractivity contribution is -0.118. The molecule has 22 heavy (non-hydrogen) atoms. The van der Waals surface area contributed by atoms with Gasteiger partial charge in [-0.05, 0) is 43.2 Å². The minimum absolute atomic E-state index is 0.000628. The van der Waals surface area contributed by atoms with Crippen molar-refractivity contribution in [3.05, 3.63) is 58.2 Å². The quantitative estimate of drug-likeness (QED) is 0.891. The van der Waals surface area contributed by atoms with Gasteiger partial charge in [-0.1, -0.05) is 45.9 Å². The van der Waals surface area contributed by atoms with Crippen LogP contribution in [-0.2, 0) is 11.2 Å². The summed E-state index contributed by atoms with van der Waals surface area (Å²) >= 11 is 4.87. The van der Waals surface area contributed by atoms with E-state index in [0.29, 0.717) is 17.4 Å². The van der Waals surface area contributed by atoms with Gasteiger partial charge in [-0.3, -0.25) is 4.79 Å². The third-order valence-corrected chi connectivity index (χ3v) is 4.81. The molecule has 2 aromatic rings. The number of amides is 1. The molecule has 6 heteroatoms. The number of aromatic nitrogens is 1. The van der Waals surface area contributed by atoms with Gasteiger partial charge in [0.2, 0.25) is 5.91 Å². The Kier molecular flexibility index (Phi) is 4.59. The Bertz CT molecular complexity index is 730. The second kappa shape index (κ2) is 6.62. The van der Waals surface area contributed by atoms with E-state index in [1.54, 1.807) is 0 Å². The Hall–Kier alpha value is -1.66. The monoisotopic (exact) mass is 375 g/mol. The van der Waals surface area contributed by atoms with Gasteiger partial charge in [-0.2, -0.15) is 0 Å². The van der Waals surface area contributed by atoms with Crippen molar-refractivity contribution in [3.63, 3.8) is 0 Å². The first-order valence-corrected chi connectivity index (χ1v) is 8.52. The highest BCUT2D eigenvalue weighted by Crippen LogP contribution is 2.25. The van der Waals surface area contributed by atoms with Crippen LogP contribution in [0.5, 0.6) is 0 Å². The molecule has 112 valence electrons. The van der Waals surface area contributed by atoms with E-state index in [1.165, 1.54) is 11.8 Å². The van der Waals surface area contributed by atoms with Crippen molar-refractivity contribution < 1.29 is 4.79 Å². The Morgan fingerprint density at radius 2 is 2.05 bits per heavy atom. The zero-order valence-corrected chi connectivity index (χ0v) is 14.3. The standard InChI is InChI=1S/C16H14BrN3OS/c1-10-3-2-4-14(18-10)19-16-20-15(21)13(22-16)9-11-5-7-12(17)8-6-11/h2-8,13H,9H2,1H3,(H,18,19,20,21)/t13-/m0/s1. The second-order valence-corrected chi connectivity index (χ2v) is 7.09. The molecule has 0 unspecified atom stereocenters. The number of nitrogens with one attached hydrogen (secondary N) is 1. The summed E-state index contributed by atoms with van der Waals surface area (Å²) in [5.74, 6) is 0.617. The van der Waals surface area contributed by atoms with Gasteiger partial charge in [0.25, 0.3) is 0 Å². The number of thioether (sulfide) groups is 1. The molecule has 4 nitrogen and oxygen atoms in total. The number of carbonyl (C=O) groups is 1. The summed E-state index contributed by atoms with van der Waals surface area (Å²) in [5, 5.41) is 3.30. The molecule has 1 N–H and O–H groups in total. The summed E-state index contributed by atoms with van der Waals surface area (Å²) in [6.07, 6.45) is 0.685. The lowest BCUT2D eigenvalue weighted by Gasteiger charge is -2.05. The van der Waals surface area contributed by atoms with Gasteiger partial charge in [0.1, 0.15) is 0 Å². The van der Waals surface area contributed by atoms with Crippen LogP contribution in [0.15, 0.2) is 51.9 Å². The smallest absolute Gasteiger partial charge is 0.239 e. The number of hydrogen-bond donors (Lipinski definition) is 1. The van der Waals surface area contributed by atoms with Gasteiger partial charge in [-0.15, -0.1) is 0 Å². The molecule has 3 rings (SSSR count). The maximum Gasteiger partial charge on any atom is 0.239 e. The molecule has 0 spiro atoms. The maximum atomic E-state index is 12.1. The van der Waals surface area contributed by atoms with E-state index in [4.69, 9.17) is 0 Å². The average Bonchev–Trinajstić information content (AvgIpc) is 2.81. The highest BCUT2D eigenvalue weighted by atomic mass is 79.9. The van der Waals surface area contributed by atoms with Crippen LogP contribution in [0.3, 0.4) is 0 Å². The van der Waals surface area contributed by atoms with Crippen molar-refractivity contribution >= 4 is 44.6 Å². The molecule has 1 saturated heterocycles.